The summed E-state index contributed by atoms with van der Waals surface area (Å²) in [6.07, 6.45) is 1.71. The molecule has 0 aliphatic heterocycles. The van der Waals surface area contributed by atoms with Gasteiger partial charge < -0.3 is 10.1 Å². The fourth-order valence-corrected chi connectivity index (χ4v) is 3.99. The number of ether oxygens (including phenoxy) is 1. The number of anilines is 1. The summed E-state index contributed by atoms with van der Waals surface area (Å²) in [4.78, 5) is 16.7. The number of hydrogen-bond donors (Lipinski definition) is 2. The van der Waals surface area contributed by atoms with Crippen molar-refractivity contribution >= 4 is 33.0 Å². The Kier molecular flexibility index (Phi) is 5.54. The molecule has 1 amide bonds. The fraction of sp³-hybridized carbons (Fsp3) is 0.111. The van der Waals surface area contributed by atoms with Gasteiger partial charge in [0, 0.05) is 28.4 Å². The number of benzene rings is 2. The van der Waals surface area contributed by atoms with Crippen LogP contribution in [0.25, 0.3) is 10.6 Å². The Morgan fingerprint density at radius 2 is 2.00 bits per heavy atom. The number of amides is 1. The zero-order valence-electron chi connectivity index (χ0n) is 14.6. The van der Waals surface area contributed by atoms with Crippen molar-refractivity contribution in [1.82, 2.24) is 9.71 Å². The molecule has 0 atom stereocenters. The van der Waals surface area contributed by atoms with E-state index in [1.807, 2.05) is 23.6 Å². The van der Waals surface area contributed by atoms with Gasteiger partial charge in [-0.25, -0.2) is 18.1 Å². The highest BCUT2D eigenvalue weighted by Gasteiger charge is 2.20. The zero-order chi connectivity index (χ0) is 19.4. The van der Waals surface area contributed by atoms with Crippen LogP contribution in [0.15, 0.2) is 58.9 Å². The monoisotopic (exact) mass is 403 g/mol. The van der Waals surface area contributed by atoms with Gasteiger partial charge in [0.25, 0.3) is 5.91 Å². The zero-order valence-corrected chi connectivity index (χ0v) is 16.2. The van der Waals surface area contributed by atoms with E-state index in [1.54, 1.807) is 12.3 Å². The molecular weight excluding hydrogens is 386 g/mol. The largest absolute Gasteiger partial charge is 0.495 e. The molecule has 0 saturated carbocycles. The average molecular weight is 403 g/mol. The molecule has 0 aliphatic rings. The van der Waals surface area contributed by atoms with E-state index in [-0.39, 0.29) is 16.2 Å². The third kappa shape index (κ3) is 4.16. The molecule has 0 unspecified atom stereocenters. The van der Waals surface area contributed by atoms with Crippen LogP contribution in [0.4, 0.5) is 5.69 Å². The molecule has 7 nitrogen and oxygen atoms in total. The molecule has 140 valence electrons. The van der Waals surface area contributed by atoms with Gasteiger partial charge in [0.2, 0.25) is 10.0 Å². The third-order valence-electron chi connectivity index (χ3n) is 3.78. The van der Waals surface area contributed by atoms with Crippen molar-refractivity contribution in [1.29, 1.82) is 0 Å². The predicted molar refractivity (Wildman–Crippen MR) is 105 cm³/mol. The molecule has 0 radical (unpaired) electrons. The number of nitrogens with one attached hydrogen (secondary N) is 2. The van der Waals surface area contributed by atoms with Crippen LogP contribution in [0, 0.1) is 0 Å². The Bertz CT molecular complexity index is 1060. The van der Waals surface area contributed by atoms with E-state index in [9.17, 15) is 13.2 Å². The average Bonchev–Trinajstić information content (AvgIpc) is 3.22. The Hall–Kier alpha value is -2.75. The first-order valence-electron chi connectivity index (χ1n) is 7.87. The van der Waals surface area contributed by atoms with Gasteiger partial charge in [-0.3, -0.25) is 4.79 Å². The molecule has 0 saturated heterocycles. The normalized spacial score (nSPS) is 11.2. The molecule has 0 fully saturated rings. The molecule has 1 heterocycles. The Balaban J connectivity index is 1.89. The van der Waals surface area contributed by atoms with E-state index >= 15 is 0 Å². The summed E-state index contributed by atoms with van der Waals surface area (Å²) in [7, 11) is -1.10. The highest BCUT2D eigenvalue weighted by atomic mass is 32.2. The number of nitrogens with zero attached hydrogens (tertiary/aromatic N) is 1. The van der Waals surface area contributed by atoms with E-state index in [4.69, 9.17) is 4.74 Å². The van der Waals surface area contributed by atoms with E-state index in [0.29, 0.717) is 5.69 Å². The summed E-state index contributed by atoms with van der Waals surface area (Å²) in [6.45, 7) is 0. The van der Waals surface area contributed by atoms with Crippen LogP contribution >= 0.6 is 11.3 Å². The quantitative estimate of drug-likeness (QED) is 0.659. The third-order valence-corrected chi connectivity index (χ3v) is 6.04. The molecule has 2 N–H and O–H groups in total. The molecule has 0 spiro atoms. The topological polar surface area (TPSA) is 97.4 Å². The maximum absolute atomic E-state index is 12.6. The first-order chi connectivity index (χ1) is 12.9. The molecule has 2 aromatic carbocycles. The first-order valence-corrected chi connectivity index (χ1v) is 10.2. The number of carbonyl (C=O) groups is 1. The highest BCUT2D eigenvalue weighted by Crippen LogP contribution is 2.27. The molecule has 27 heavy (non-hydrogen) atoms. The Morgan fingerprint density at radius 3 is 2.67 bits per heavy atom. The van der Waals surface area contributed by atoms with Gasteiger partial charge in [0.05, 0.1) is 7.11 Å². The van der Waals surface area contributed by atoms with Crippen LogP contribution in [-0.4, -0.2) is 33.5 Å². The number of aromatic nitrogens is 1. The van der Waals surface area contributed by atoms with Crippen molar-refractivity contribution in [2.24, 2.45) is 0 Å². The van der Waals surface area contributed by atoms with Crippen molar-refractivity contribution < 1.29 is 17.9 Å². The van der Waals surface area contributed by atoms with Gasteiger partial charge in [-0.05, 0) is 37.4 Å². The molecule has 1 aromatic heterocycles. The van der Waals surface area contributed by atoms with Crippen LogP contribution in [0.2, 0.25) is 0 Å². The lowest BCUT2D eigenvalue weighted by Gasteiger charge is -2.11. The van der Waals surface area contributed by atoms with E-state index in [0.717, 1.165) is 10.6 Å². The smallest absolute Gasteiger partial charge is 0.255 e. The van der Waals surface area contributed by atoms with Gasteiger partial charge in [-0.15, -0.1) is 11.3 Å². The summed E-state index contributed by atoms with van der Waals surface area (Å²) < 4.78 is 31.6. The molecule has 3 rings (SSSR count). The van der Waals surface area contributed by atoms with Gasteiger partial charge in [0.15, 0.2) is 0 Å². The maximum atomic E-state index is 12.6. The van der Waals surface area contributed by atoms with Crippen molar-refractivity contribution in [3.8, 4) is 16.3 Å². The summed E-state index contributed by atoms with van der Waals surface area (Å²) in [5.41, 5.74) is 1.67. The lowest BCUT2D eigenvalue weighted by Crippen LogP contribution is -2.20. The summed E-state index contributed by atoms with van der Waals surface area (Å²) >= 11 is 1.50. The Labute approximate surface area is 161 Å². The minimum absolute atomic E-state index is 0.100. The Morgan fingerprint density at radius 1 is 1.19 bits per heavy atom. The molecule has 0 bridgehead atoms. The van der Waals surface area contributed by atoms with Crippen LogP contribution < -0.4 is 14.8 Å². The summed E-state index contributed by atoms with van der Waals surface area (Å²) in [5.74, 6) is -0.270. The van der Waals surface area contributed by atoms with Crippen LogP contribution in [0.1, 0.15) is 10.4 Å². The van der Waals surface area contributed by atoms with Gasteiger partial charge in [0.1, 0.15) is 15.7 Å². The summed E-state index contributed by atoms with van der Waals surface area (Å²) in [5, 5.41) is 5.50. The fourth-order valence-electron chi connectivity index (χ4n) is 2.44. The van der Waals surface area contributed by atoms with Gasteiger partial charge in [-0.1, -0.05) is 12.1 Å². The molecule has 0 aliphatic carbocycles. The second-order valence-electron chi connectivity index (χ2n) is 5.45. The van der Waals surface area contributed by atoms with E-state index in [1.165, 1.54) is 43.7 Å². The number of sulfonamides is 1. The molecule has 9 heteroatoms. The number of carbonyl (C=O) groups excluding carboxylic acids is 1. The SMILES string of the molecule is CNS(=O)(=O)c1cc(C(=O)Nc2cccc(-c3nccs3)c2)ccc1OC. The van der Waals surface area contributed by atoms with Crippen LogP contribution in [-0.2, 0) is 10.0 Å². The van der Waals surface area contributed by atoms with Crippen LogP contribution in [0.3, 0.4) is 0 Å². The lowest BCUT2D eigenvalue weighted by atomic mass is 10.1. The van der Waals surface area contributed by atoms with Crippen LogP contribution in [0.5, 0.6) is 5.75 Å². The standard InChI is InChI=1S/C18H17N3O4S2/c1-19-27(23,24)16-11-12(6-7-15(16)25-2)17(22)21-14-5-3-4-13(10-14)18-20-8-9-26-18/h3-11,19H,1-2H3,(H,21,22). The second-order valence-corrected chi connectivity index (χ2v) is 8.19. The molecular formula is C18H17N3O4S2. The lowest BCUT2D eigenvalue weighted by molar-refractivity contribution is 0.102. The van der Waals surface area contributed by atoms with Crippen molar-refractivity contribution in [2.75, 3.05) is 19.5 Å². The predicted octanol–water partition coefficient (Wildman–Crippen LogP) is 2.98. The van der Waals surface area contributed by atoms with Crippen molar-refractivity contribution in [2.45, 2.75) is 4.90 Å². The minimum atomic E-state index is -3.77. The van der Waals surface area contributed by atoms with E-state index < -0.39 is 15.9 Å². The van der Waals surface area contributed by atoms with Crippen molar-refractivity contribution in [3.63, 3.8) is 0 Å². The second kappa shape index (κ2) is 7.87. The van der Waals surface area contributed by atoms with E-state index in [2.05, 4.69) is 15.0 Å². The van der Waals surface area contributed by atoms with Gasteiger partial charge >= 0.3 is 0 Å². The van der Waals surface area contributed by atoms with Crippen molar-refractivity contribution in [3.05, 3.63) is 59.6 Å². The maximum Gasteiger partial charge on any atom is 0.255 e. The first kappa shape index (κ1) is 19.0. The number of thiazole rings is 1. The van der Waals surface area contributed by atoms with Gasteiger partial charge in [-0.2, -0.15) is 0 Å². The summed E-state index contributed by atoms with van der Waals surface area (Å²) in [6, 6.07) is 11.5. The number of rotatable bonds is 6. The molecule has 3 aromatic rings. The highest BCUT2D eigenvalue weighted by molar-refractivity contribution is 7.89. The minimum Gasteiger partial charge on any atom is -0.495 e. The number of methoxy groups -OCH3 is 1. The number of hydrogen-bond acceptors (Lipinski definition) is 6.